The van der Waals surface area contributed by atoms with Crippen molar-refractivity contribution in [2.24, 2.45) is 7.05 Å². The highest BCUT2D eigenvalue weighted by atomic mass is 32.2. The molecule has 0 saturated carbocycles. The molecule has 0 aliphatic carbocycles. The van der Waals surface area contributed by atoms with Crippen molar-refractivity contribution in [1.82, 2.24) is 23.8 Å². The zero-order chi connectivity index (χ0) is 19.9. The molecule has 4 rings (SSSR count). The summed E-state index contributed by atoms with van der Waals surface area (Å²) in [5.74, 6) is 2.34. The molecule has 2 aliphatic heterocycles. The lowest BCUT2D eigenvalue weighted by molar-refractivity contribution is 0.382. The number of rotatable bonds is 4. The van der Waals surface area contributed by atoms with Gasteiger partial charge in [-0.3, -0.25) is 0 Å². The van der Waals surface area contributed by atoms with E-state index >= 15 is 0 Å². The van der Waals surface area contributed by atoms with Crippen LogP contribution in [0.2, 0.25) is 0 Å². The molecule has 2 aliphatic rings. The molecule has 2 aromatic rings. The summed E-state index contributed by atoms with van der Waals surface area (Å²) >= 11 is 0. The Hall–Kier alpha value is -2.20. The lowest BCUT2D eigenvalue weighted by atomic mass is 10.3. The van der Waals surface area contributed by atoms with Crippen molar-refractivity contribution in [1.29, 1.82) is 0 Å². The fraction of sp³-hybridized carbons (Fsp3) is 0.611. The first kappa shape index (κ1) is 19.1. The van der Waals surface area contributed by atoms with Gasteiger partial charge in [0.15, 0.2) is 5.03 Å². The van der Waals surface area contributed by atoms with E-state index in [4.69, 9.17) is 4.98 Å². The Balaban J connectivity index is 1.48. The molecule has 2 aromatic heterocycles. The largest absolute Gasteiger partial charge is 0.354 e. The van der Waals surface area contributed by atoms with Crippen LogP contribution < -0.4 is 9.80 Å². The summed E-state index contributed by atoms with van der Waals surface area (Å²) in [7, 11) is -1.76. The Labute approximate surface area is 166 Å². The number of anilines is 2. The summed E-state index contributed by atoms with van der Waals surface area (Å²) in [5.41, 5.74) is 0.936. The number of hydrogen-bond donors (Lipinski definition) is 0. The van der Waals surface area contributed by atoms with E-state index in [9.17, 15) is 8.42 Å². The van der Waals surface area contributed by atoms with E-state index < -0.39 is 10.0 Å². The second-order valence-electron chi connectivity index (χ2n) is 7.49. The van der Waals surface area contributed by atoms with Crippen molar-refractivity contribution in [2.75, 3.05) is 49.1 Å². The molecule has 10 heteroatoms. The Morgan fingerprint density at radius 3 is 2.18 bits per heavy atom. The first-order valence-electron chi connectivity index (χ1n) is 9.70. The molecule has 0 bridgehead atoms. The normalized spacial score (nSPS) is 18.8. The first-order valence-corrected chi connectivity index (χ1v) is 11.1. The SMILES string of the molecule is Cc1cc(N2CCN(S(=O)(=O)c3cn(C)c(C)n3)CC2)nc(N2CCCC2)n1. The van der Waals surface area contributed by atoms with Gasteiger partial charge in [-0.05, 0) is 26.7 Å². The molecule has 0 spiro atoms. The molecule has 2 fully saturated rings. The number of aromatic nitrogens is 4. The van der Waals surface area contributed by atoms with Crippen molar-refractivity contribution in [3.8, 4) is 0 Å². The molecule has 0 N–H and O–H groups in total. The predicted octanol–water partition coefficient (Wildman–Crippen LogP) is 0.938. The van der Waals surface area contributed by atoms with Gasteiger partial charge in [0.2, 0.25) is 5.95 Å². The van der Waals surface area contributed by atoms with Crippen LogP contribution in [0, 0.1) is 13.8 Å². The van der Waals surface area contributed by atoms with Crippen molar-refractivity contribution in [2.45, 2.75) is 31.7 Å². The fourth-order valence-corrected chi connectivity index (χ4v) is 5.14. The number of imidazole rings is 1. The van der Waals surface area contributed by atoms with Crippen molar-refractivity contribution >= 4 is 21.8 Å². The molecule has 0 aromatic carbocycles. The van der Waals surface area contributed by atoms with Crippen LogP contribution in [0.1, 0.15) is 24.4 Å². The number of sulfonamides is 1. The number of aryl methyl sites for hydroxylation is 3. The molecule has 0 atom stereocenters. The van der Waals surface area contributed by atoms with Gasteiger partial charge in [-0.1, -0.05) is 0 Å². The van der Waals surface area contributed by atoms with Gasteiger partial charge in [-0.15, -0.1) is 0 Å². The highest BCUT2D eigenvalue weighted by molar-refractivity contribution is 7.89. The van der Waals surface area contributed by atoms with E-state index in [1.165, 1.54) is 17.1 Å². The monoisotopic (exact) mass is 405 g/mol. The second kappa shape index (κ2) is 7.32. The van der Waals surface area contributed by atoms with Crippen molar-refractivity contribution < 1.29 is 8.42 Å². The van der Waals surface area contributed by atoms with E-state index in [0.29, 0.717) is 32.0 Å². The summed E-state index contributed by atoms with van der Waals surface area (Å²) in [6, 6.07) is 1.98. The maximum Gasteiger partial charge on any atom is 0.262 e. The standard InChI is InChI=1S/C18H27N7O2S/c1-14-12-16(21-18(19-14)24-6-4-5-7-24)23-8-10-25(11-9-23)28(26,27)17-13-22(3)15(2)20-17/h12-13H,4-11H2,1-3H3. The van der Waals surface area contributed by atoms with E-state index in [-0.39, 0.29) is 5.03 Å². The molecule has 2 saturated heterocycles. The Morgan fingerprint density at radius 1 is 0.893 bits per heavy atom. The summed E-state index contributed by atoms with van der Waals surface area (Å²) in [4.78, 5) is 17.9. The summed E-state index contributed by atoms with van der Waals surface area (Å²) < 4.78 is 29.0. The fourth-order valence-electron chi connectivity index (χ4n) is 3.70. The molecule has 28 heavy (non-hydrogen) atoms. The Morgan fingerprint density at radius 2 is 1.57 bits per heavy atom. The smallest absolute Gasteiger partial charge is 0.262 e. The van der Waals surface area contributed by atoms with Crippen molar-refractivity contribution in [3.05, 3.63) is 23.8 Å². The summed E-state index contributed by atoms with van der Waals surface area (Å²) in [5, 5.41) is 0.121. The highest BCUT2D eigenvalue weighted by Crippen LogP contribution is 2.23. The first-order chi connectivity index (χ1) is 13.3. The zero-order valence-electron chi connectivity index (χ0n) is 16.7. The number of nitrogens with zero attached hydrogens (tertiary/aromatic N) is 7. The van der Waals surface area contributed by atoms with Gasteiger partial charge in [0.05, 0.1) is 0 Å². The van der Waals surface area contributed by atoms with E-state index in [0.717, 1.165) is 30.5 Å². The van der Waals surface area contributed by atoms with Crippen LogP contribution in [-0.4, -0.2) is 71.5 Å². The third-order valence-corrected chi connectivity index (χ3v) is 7.24. The van der Waals surface area contributed by atoms with E-state index in [1.807, 2.05) is 13.0 Å². The molecule has 9 nitrogen and oxygen atoms in total. The van der Waals surface area contributed by atoms with Gasteiger partial charge in [0, 0.05) is 64.3 Å². The van der Waals surface area contributed by atoms with E-state index in [1.54, 1.807) is 24.7 Å². The molecular weight excluding hydrogens is 378 g/mol. The number of hydrogen-bond acceptors (Lipinski definition) is 7. The van der Waals surface area contributed by atoms with Gasteiger partial charge in [0.1, 0.15) is 11.6 Å². The van der Waals surface area contributed by atoms with Crippen LogP contribution in [0.5, 0.6) is 0 Å². The van der Waals surface area contributed by atoms with Gasteiger partial charge >= 0.3 is 0 Å². The predicted molar refractivity (Wildman–Crippen MR) is 107 cm³/mol. The van der Waals surface area contributed by atoms with Crippen LogP contribution >= 0.6 is 0 Å². The maximum absolute atomic E-state index is 12.9. The van der Waals surface area contributed by atoms with E-state index in [2.05, 4.69) is 19.8 Å². The van der Waals surface area contributed by atoms with Crippen LogP contribution in [0.25, 0.3) is 0 Å². The minimum absolute atomic E-state index is 0.121. The molecule has 0 radical (unpaired) electrons. The Kier molecular flexibility index (Phi) is 5.00. The molecule has 152 valence electrons. The molecular formula is C18H27N7O2S. The zero-order valence-corrected chi connectivity index (χ0v) is 17.5. The Bertz CT molecular complexity index is 939. The van der Waals surface area contributed by atoms with Crippen LogP contribution in [0.15, 0.2) is 17.3 Å². The van der Waals surface area contributed by atoms with Crippen molar-refractivity contribution in [3.63, 3.8) is 0 Å². The highest BCUT2D eigenvalue weighted by Gasteiger charge is 2.31. The third-order valence-electron chi connectivity index (χ3n) is 5.47. The minimum Gasteiger partial charge on any atom is -0.354 e. The number of piperazine rings is 1. The summed E-state index contributed by atoms with van der Waals surface area (Å²) in [6.07, 6.45) is 3.93. The molecule has 0 unspecified atom stereocenters. The lowest BCUT2D eigenvalue weighted by Gasteiger charge is -2.34. The van der Waals surface area contributed by atoms with Crippen LogP contribution in [-0.2, 0) is 17.1 Å². The van der Waals surface area contributed by atoms with Gasteiger partial charge in [0.25, 0.3) is 10.0 Å². The van der Waals surface area contributed by atoms with Gasteiger partial charge in [-0.2, -0.15) is 9.29 Å². The van der Waals surface area contributed by atoms with Gasteiger partial charge in [-0.25, -0.2) is 18.4 Å². The van der Waals surface area contributed by atoms with Crippen LogP contribution in [0.3, 0.4) is 0 Å². The van der Waals surface area contributed by atoms with Gasteiger partial charge < -0.3 is 14.4 Å². The minimum atomic E-state index is -3.56. The van der Waals surface area contributed by atoms with Crippen LogP contribution in [0.4, 0.5) is 11.8 Å². The average Bonchev–Trinajstić information content (AvgIpc) is 3.32. The molecule has 4 heterocycles. The second-order valence-corrected chi connectivity index (χ2v) is 9.37. The lowest BCUT2D eigenvalue weighted by Crippen LogP contribution is -2.49. The quantitative estimate of drug-likeness (QED) is 0.748. The third kappa shape index (κ3) is 3.58. The summed E-state index contributed by atoms with van der Waals surface area (Å²) in [6.45, 7) is 7.81. The topological polar surface area (TPSA) is 87.5 Å². The average molecular weight is 406 g/mol. The maximum atomic E-state index is 12.9. The molecule has 0 amide bonds.